The third-order valence-corrected chi connectivity index (χ3v) is 6.41. The van der Waals surface area contributed by atoms with Crippen molar-refractivity contribution >= 4 is 11.7 Å². The molecule has 2 saturated heterocycles. The normalized spacial score (nSPS) is 19.0. The van der Waals surface area contributed by atoms with E-state index in [0.29, 0.717) is 32.5 Å². The van der Waals surface area contributed by atoms with Crippen LogP contribution in [0.5, 0.6) is 5.75 Å². The van der Waals surface area contributed by atoms with Crippen LogP contribution in [-0.2, 0) is 10.2 Å². The first-order valence-corrected chi connectivity index (χ1v) is 10.7. The minimum atomic E-state index is -0.562. The summed E-state index contributed by atoms with van der Waals surface area (Å²) in [5, 5.41) is 9.95. The highest BCUT2D eigenvalue weighted by atomic mass is 16.5. The van der Waals surface area contributed by atoms with Crippen molar-refractivity contribution in [1.82, 2.24) is 19.8 Å². The summed E-state index contributed by atoms with van der Waals surface area (Å²) in [6.07, 6.45) is 6.44. The van der Waals surface area contributed by atoms with Gasteiger partial charge in [0, 0.05) is 51.7 Å². The van der Waals surface area contributed by atoms with E-state index in [2.05, 4.69) is 25.8 Å². The number of hydrogen-bond acceptors (Lipinski definition) is 7. The van der Waals surface area contributed by atoms with Crippen LogP contribution in [0.3, 0.4) is 0 Å². The molecular formula is C23H28N6O2. The van der Waals surface area contributed by atoms with Gasteiger partial charge in [-0.3, -0.25) is 14.7 Å². The van der Waals surface area contributed by atoms with Crippen molar-refractivity contribution in [3.63, 3.8) is 0 Å². The molecule has 0 radical (unpaired) electrons. The van der Waals surface area contributed by atoms with Crippen LogP contribution in [0.15, 0.2) is 42.9 Å². The van der Waals surface area contributed by atoms with Gasteiger partial charge in [-0.15, -0.1) is 0 Å². The van der Waals surface area contributed by atoms with Crippen LogP contribution in [0, 0.1) is 11.3 Å². The van der Waals surface area contributed by atoms with Gasteiger partial charge in [-0.05, 0) is 30.5 Å². The molecule has 0 unspecified atom stereocenters. The van der Waals surface area contributed by atoms with Gasteiger partial charge in [0.05, 0.1) is 31.3 Å². The molecule has 1 aromatic carbocycles. The van der Waals surface area contributed by atoms with E-state index in [4.69, 9.17) is 4.74 Å². The maximum Gasteiger partial charge on any atom is 0.236 e. The van der Waals surface area contributed by atoms with E-state index in [-0.39, 0.29) is 5.91 Å². The Morgan fingerprint density at radius 1 is 1.16 bits per heavy atom. The first-order valence-electron chi connectivity index (χ1n) is 10.7. The Hall–Kier alpha value is -3.18. The number of benzene rings is 1. The van der Waals surface area contributed by atoms with Gasteiger partial charge in [-0.1, -0.05) is 12.1 Å². The lowest BCUT2D eigenvalue weighted by molar-refractivity contribution is -0.133. The van der Waals surface area contributed by atoms with Gasteiger partial charge in [-0.2, -0.15) is 5.26 Å². The van der Waals surface area contributed by atoms with E-state index in [1.165, 1.54) is 0 Å². The smallest absolute Gasteiger partial charge is 0.236 e. The highest BCUT2D eigenvalue weighted by Gasteiger charge is 2.38. The van der Waals surface area contributed by atoms with Crippen LogP contribution >= 0.6 is 0 Å². The number of nitriles is 1. The summed E-state index contributed by atoms with van der Waals surface area (Å²) in [7, 11) is 1.63. The number of methoxy groups -OCH3 is 1. The van der Waals surface area contributed by atoms with Crippen molar-refractivity contribution in [2.24, 2.45) is 0 Å². The zero-order valence-corrected chi connectivity index (χ0v) is 17.9. The molecule has 162 valence electrons. The largest absolute Gasteiger partial charge is 0.497 e. The lowest BCUT2D eigenvalue weighted by atomic mass is 9.74. The Kier molecular flexibility index (Phi) is 6.33. The number of hydrogen-bond donors (Lipinski definition) is 0. The lowest BCUT2D eigenvalue weighted by Crippen LogP contribution is -2.52. The van der Waals surface area contributed by atoms with Crippen LogP contribution in [0.25, 0.3) is 0 Å². The maximum atomic E-state index is 12.9. The third-order valence-electron chi connectivity index (χ3n) is 6.41. The number of piperazine rings is 1. The van der Waals surface area contributed by atoms with Crippen molar-refractivity contribution < 1.29 is 9.53 Å². The summed E-state index contributed by atoms with van der Waals surface area (Å²) in [4.78, 5) is 27.7. The van der Waals surface area contributed by atoms with Gasteiger partial charge in [-0.25, -0.2) is 4.98 Å². The molecule has 0 aliphatic carbocycles. The topological polar surface area (TPSA) is 85.6 Å². The fourth-order valence-corrected chi connectivity index (χ4v) is 4.40. The average Bonchev–Trinajstić information content (AvgIpc) is 2.85. The van der Waals surface area contributed by atoms with Crippen LogP contribution in [0.4, 0.5) is 5.82 Å². The number of likely N-dealkylation sites (tertiary alicyclic amines) is 1. The summed E-state index contributed by atoms with van der Waals surface area (Å²) >= 11 is 0. The number of aromatic nitrogens is 2. The van der Waals surface area contributed by atoms with Crippen LogP contribution in [0.1, 0.15) is 18.4 Å². The molecule has 1 aromatic heterocycles. The molecule has 3 heterocycles. The fourth-order valence-electron chi connectivity index (χ4n) is 4.40. The van der Waals surface area contributed by atoms with E-state index in [1.54, 1.807) is 25.7 Å². The second-order valence-corrected chi connectivity index (χ2v) is 8.13. The number of anilines is 1. The number of carbonyl (C=O) groups excluding carboxylic acids is 1. The number of nitrogens with zero attached hydrogens (tertiary/aromatic N) is 6. The van der Waals surface area contributed by atoms with Crippen molar-refractivity contribution in [3.8, 4) is 11.8 Å². The van der Waals surface area contributed by atoms with E-state index in [9.17, 15) is 10.1 Å². The van der Waals surface area contributed by atoms with Gasteiger partial charge >= 0.3 is 0 Å². The zero-order chi connectivity index (χ0) is 21.7. The molecule has 4 rings (SSSR count). The first kappa shape index (κ1) is 21.1. The van der Waals surface area contributed by atoms with E-state index < -0.39 is 5.41 Å². The third kappa shape index (κ3) is 4.62. The van der Waals surface area contributed by atoms with Crippen LogP contribution in [0.2, 0.25) is 0 Å². The molecule has 8 heteroatoms. The molecule has 0 bridgehead atoms. The molecule has 2 aliphatic heterocycles. The summed E-state index contributed by atoms with van der Waals surface area (Å²) in [6, 6.07) is 10.3. The van der Waals surface area contributed by atoms with Gasteiger partial charge in [0.1, 0.15) is 11.6 Å². The molecule has 2 fully saturated rings. The predicted molar refractivity (Wildman–Crippen MR) is 117 cm³/mol. The molecule has 0 atom stereocenters. The highest BCUT2D eigenvalue weighted by Crippen LogP contribution is 2.36. The van der Waals surface area contributed by atoms with Gasteiger partial charge in [0.15, 0.2) is 0 Å². The number of amides is 1. The first-order chi connectivity index (χ1) is 15.1. The quantitative estimate of drug-likeness (QED) is 0.728. The Bertz CT molecular complexity index is 929. The second kappa shape index (κ2) is 9.31. The molecule has 2 aromatic rings. The number of piperidine rings is 1. The van der Waals surface area contributed by atoms with Crippen molar-refractivity contribution in [2.45, 2.75) is 18.3 Å². The Morgan fingerprint density at radius 2 is 1.94 bits per heavy atom. The molecule has 0 spiro atoms. The Morgan fingerprint density at radius 3 is 2.58 bits per heavy atom. The monoisotopic (exact) mass is 420 g/mol. The number of carbonyl (C=O) groups is 1. The summed E-state index contributed by atoms with van der Waals surface area (Å²) in [6.45, 7) is 4.93. The molecule has 2 aliphatic rings. The van der Waals surface area contributed by atoms with E-state index >= 15 is 0 Å². The molecule has 1 amide bonds. The maximum absolute atomic E-state index is 12.9. The van der Waals surface area contributed by atoms with Gasteiger partial charge < -0.3 is 14.5 Å². The average molecular weight is 421 g/mol. The summed E-state index contributed by atoms with van der Waals surface area (Å²) < 4.78 is 5.32. The molecular weight excluding hydrogens is 392 g/mol. The number of ether oxygens (including phenoxy) is 1. The molecule has 0 N–H and O–H groups in total. The zero-order valence-electron chi connectivity index (χ0n) is 17.9. The minimum Gasteiger partial charge on any atom is -0.497 e. The lowest BCUT2D eigenvalue weighted by Gasteiger charge is -2.39. The number of rotatable bonds is 5. The van der Waals surface area contributed by atoms with Crippen molar-refractivity contribution in [1.29, 1.82) is 5.26 Å². The van der Waals surface area contributed by atoms with E-state index in [0.717, 1.165) is 43.3 Å². The van der Waals surface area contributed by atoms with Crippen LogP contribution in [-0.4, -0.2) is 78.6 Å². The van der Waals surface area contributed by atoms with Crippen molar-refractivity contribution in [3.05, 3.63) is 48.4 Å². The van der Waals surface area contributed by atoms with Crippen molar-refractivity contribution in [2.75, 3.05) is 57.8 Å². The summed E-state index contributed by atoms with van der Waals surface area (Å²) in [5.74, 6) is 1.78. The van der Waals surface area contributed by atoms with Gasteiger partial charge in [0.2, 0.25) is 5.91 Å². The fraction of sp³-hybridized carbons (Fsp3) is 0.478. The Labute approximate surface area is 183 Å². The molecule has 31 heavy (non-hydrogen) atoms. The predicted octanol–water partition coefficient (Wildman–Crippen LogP) is 1.69. The standard InChI is InChI=1S/C23H28N6O2/c1-31-20-4-2-3-19(15-20)23(18-24)5-9-29(10-6-23)22(30)17-27-11-13-28(14-12-27)21-16-25-7-8-26-21/h2-4,7-8,15-16H,5-6,9-14,17H2,1H3. The second-order valence-electron chi connectivity index (χ2n) is 8.13. The summed E-state index contributed by atoms with van der Waals surface area (Å²) in [5.41, 5.74) is 0.412. The van der Waals surface area contributed by atoms with Crippen LogP contribution < -0.4 is 9.64 Å². The van der Waals surface area contributed by atoms with Gasteiger partial charge in [0.25, 0.3) is 0 Å². The molecule has 8 nitrogen and oxygen atoms in total. The Balaban J connectivity index is 1.30. The molecule has 0 saturated carbocycles. The minimum absolute atomic E-state index is 0.144. The SMILES string of the molecule is COc1cccc(C2(C#N)CCN(C(=O)CN3CCN(c4cnccn4)CC3)CC2)c1. The highest BCUT2D eigenvalue weighted by molar-refractivity contribution is 5.78. The van der Waals surface area contributed by atoms with E-state index in [1.807, 2.05) is 29.2 Å².